The molecule has 2 aromatic rings. The molecule has 2 aromatic carbocycles. The zero-order valence-corrected chi connectivity index (χ0v) is 19.7. The van der Waals surface area contributed by atoms with Gasteiger partial charge in [-0.25, -0.2) is 4.79 Å². The van der Waals surface area contributed by atoms with Gasteiger partial charge in [0.2, 0.25) is 0 Å². The Balaban J connectivity index is 1.64. The molecule has 2 aliphatic heterocycles. The fourth-order valence-electron chi connectivity index (χ4n) is 3.89. The van der Waals surface area contributed by atoms with Crippen LogP contribution in [0.15, 0.2) is 48.5 Å². The molecule has 2 atom stereocenters. The molecule has 0 amide bonds. The Morgan fingerprint density at radius 2 is 1.82 bits per heavy atom. The number of fused-ring (bicyclic) bond motifs is 1. The minimum absolute atomic E-state index is 0.0473. The first-order valence-electron chi connectivity index (χ1n) is 12.1. The van der Waals surface area contributed by atoms with Crippen LogP contribution in [0.3, 0.4) is 0 Å². The number of Topliss-reactive ketones (excluding diaryl/α,β-unsaturated/α-hetero) is 1. The summed E-state index contributed by atoms with van der Waals surface area (Å²) in [7, 11) is 0. The van der Waals surface area contributed by atoms with E-state index in [9.17, 15) is 9.59 Å². The second-order valence-corrected chi connectivity index (χ2v) is 8.87. The van der Waals surface area contributed by atoms with Crippen molar-refractivity contribution in [1.29, 1.82) is 0 Å². The van der Waals surface area contributed by atoms with Crippen molar-refractivity contribution in [2.75, 3.05) is 13.2 Å². The summed E-state index contributed by atoms with van der Waals surface area (Å²) in [6.45, 7) is 3.29. The summed E-state index contributed by atoms with van der Waals surface area (Å²) in [6.07, 6.45) is 7.63. The van der Waals surface area contributed by atoms with Gasteiger partial charge in [-0.3, -0.25) is 4.79 Å². The van der Waals surface area contributed by atoms with Crippen LogP contribution < -0.4 is 9.47 Å². The van der Waals surface area contributed by atoms with Crippen LogP contribution in [-0.2, 0) is 20.9 Å². The second-order valence-electron chi connectivity index (χ2n) is 8.87. The Morgan fingerprint density at radius 3 is 2.62 bits per heavy atom. The van der Waals surface area contributed by atoms with Crippen molar-refractivity contribution in [1.82, 2.24) is 0 Å². The van der Waals surface area contributed by atoms with Crippen LogP contribution in [0, 0.1) is 0 Å². The molecule has 34 heavy (non-hydrogen) atoms. The quantitative estimate of drug-likeness (QED) is 0.414. The number of benzene rings is 2. The van der Waals surface area contributed by atoms with Crippen molar-refractivity contribution in [3.8, 4) is 11.5 Å². The predicted octanol–water partition coefficient (Wildman–Crippen LogP) is 5.53. The maximum absolute atomic E-state index is 13.2. The second kappa shape index (κ2) is 11.8. The molecular formula is C28H32O6. The van der Waals surface area contributed by atoms with Gasteiger partial charge in [0.25, 0.3) is 0 Å². The summed E-state index contributed by atoms with van der Waals surface area (Å²) in [5.74, 6) is 0.868. The van der Waals surface area contributed by atoms with Gasteiger partial charge in [-0.1, -0.05) is 42.5 Å². The lowest BCUT2D eigenvalue weighted by Gasteiger charge is -2.19. The van der Waals surface area contributed by atoms with Crippen LogP contribution in [0.4, 0.5) is 0 Å². The van der Waals surface area contributed by atoms with Gasteiger partial charge in [0.15, 0.2) is 0 Å². The summed E-state index contributed by atoms with van der Waals surface area (Å²) in [5.41, 5.74) is 2.12. The van der Waals surface area contributed by atoms with Crippen molar-refractivity contribution in [3.05, 3.63) is 65.2 Å². The SMILES string of the molecule is C[C@H]1CCCC(=O)CCCC=Cc2cc(OCc3ccccc3)cc(OCC3CO3)c2C(=O)O1. The molecular weight excluding hydrogens is 432 g/mol. The highest BCUT2D eigenvalue weighted by atomic mass is 16.6. The molecule has 0 N–H and O–H groups in total. The monoisotopic (exact) mass is 464 g/mol. The first-order chi connectivity index (χ1) is 16.6. The normalized spacial score (nSPS) is 21.2. The van der Waals surface area contributed by atoms with Gasteiger partial charge in [-0.05, 0) is 49.8 Å². The van der Waals surface area contributed by atoms with Gasteiger partial charge in [0.05, 0.1) is 12.7 Å². The lowest BCUT2D eigenvalue weighted by molar-refractivity contribution is -0.119. The molecule has 6 nitrogen and oxygen atoms in total. The smallest absolute Gasteiger partial charge is 0.342 e. The molecule has 0 spiro atoms. The molecule has 0 saturated carbocycles. The highest BCUT2D eigenvalue weighted by molar-refractivity contribution is 5.97. The van der Waals surface area contributed by atoms with E-state index in [2.05, 4.69) is 0 Å². The van der Waals surface area contributed by atoms with Gasteiger partial charge < -0.3 is 18.9 Å². The first-order valence-corrected chi connectivity index (χ1v) is 12.1. The molecule has 180 valence electrons. The van der Waals surface area contributed by atoms with Crippen molar-refractivity contribution in [2.45, 2.75) is 64.3 Å². The Morgan fingerprint density at radius 1 is 1.03 bits per heavy atom. The third-order valence-corrected chi connectivity index (χ3v) is 5.88. The lowest BCUT2D eigenvalue weighted by Crippen LogP contribution is -2.18. The molecule has 2 aliphatic rings. The highest BCUT2D eigenvalue weighted by Gasteiger charge is 2.27. The summed E-state index contributed by atoms with van der Waals surface area (Å²) in [4.78, 5) is 25.3. The number of rotatable bonds is 6. The molecule has 1 fully saturated rings. The molecule has 0 aliphatic carbocycles. The number of hydrogen-bond acceptors (Lipinski definition) is 6. The fraction of sp³-hybridized carbons (Fsp3) is 0.429. The number of carbonyl (C=O) groups is 2. The van der Waals surface area contributed by atoms with Crippen LogP contribution in [0.1, 0.15) is 66.9 Å². The molecule has 6 heteroatoms. The van der Waals surface area contributed by atoms with E-state index in [1.54, 1.807) is 6.07 Å². The van der Waals surface area contributed by atoms with E-state index >= 15 is 0 Å². The molecule has 0 radical (unpaired) electrons. The maximum atomic E-state index is 13.2. The van der Waals surface area contributed by atoms with Crippen molar-refractivity contribution < 1.29 is 28.5 Å². The van der Waals surface area contributed by atoms with Crippen LogP contribution in [0.2, 0.25) is 0 Å². The number of epoxide rings is 1. The standard InChI is InChI=1S/C28H32O6/c1-20-9-8-14-23(29)13-7-3-6-12-22-15-24(31-17-21-10-4-2-5-11-21)16-26(27(22)28(30)34-20)33-19-25-18-32-25/h2,4-6,10-12,15-16,20,25H,3,7-9,13-14,17-19H2,1H3/t20-,25?/m0/s1. The lowest BCUT2D eigenvalue weighted by atomic mass is 10.0. The Labute approximate surface area is 200 Å². The molecule has 1 unspecified atom stereocenters. The Bertz CT molecular complexity index is 1010. The minimum atomic E-state index is -0.433. The van der Waals surface area contributed by atoms with Gasteiger partial charge in [0.1, 0.15) is 42.2 Å². The minimum Gasteiger partial charge on any atom is -0.490 e. The van der Waals surface area contributed by atoms with E-state index in [0.717, 1.165) is 18.4 Å². The number of ketones is 1. The van der Waals surface area contributed by atoms with E-state index in [1.807, 2.05) is 55.5 Å². The largest absolute Gasteiger partial charge is 0.490 e. The van der Waals surface area contributed by atoms with Gasteiger partial charge in [-0.15, -0.1) is 0 Å². The zero-order chi connectivity index (χ0) is 23.8. The first kappa shape index (κ1) is 24.0. The number of ether oxygens (including phenoxy) is 4. The average Bonchev–Trinajstić information content (AvgIpc) is 3.65. The van der Waals surface area contributed by atoms with Gasteiger partial charge >= 0.3 is 5.97 Å². The van der Waals surface area contributed by atoms with Crippen molar-refractivity contribution >= 4 is 17.8 Å². The van der Waals surface area contributed by atoms with Gasteiger partial charge in [-0.2, -0.15) is 0 Å². The Hall–Kier alpha value is -3.12. The fourth-order valence-corrected chi connectivity index (χ4v) is 3.89. The molecule has 1 saturated heterocycles. The average molecular weight is 465 g/mol. The van der Waals surface area contributed by atoms with E-state index in [4.69, 9.17) is 18.9 Å². The van der Waals surface area contributed by atoms with E-state index in [0.29, 0.717) is 68.1 Å². The van der Waals surface area contributed by atoms with E-state index in [-0.39, 0.29) is 18.0 Å². The number of carbonyl (C=O) groups excluding carboxylic acids is 2. The maximum Gasteiger partial charge on any atom is 0.342 e. The topological polar surface area (TPSA) is 74.4 Å². The van der Waals surface area contributed by atoms with Crippen LogP contribution >= 0.6 is 0 Å². The molecule has 4 rings (SSSR count). The number of hydrogen-bond donors (Lipinski definition) is 0. The molecule has 0 bridgehead atoms. The van der Waals surface area contributed by atoms with Crippen LogP contribution in [0.5, 0.6) is 11.5 Å². The zero-order valence-electron chi connectivity index (χ0n) is 19.7. The van der Waals surface area contributed by atoms with Crippen molar-refractivity contribution in [3.63, 3.8) is 0 Å². The predicted molar refractivity (Wildman–Crippen MR) is 129 cm³/mol. The molecule has 2 heterocycles. The number of allylic oxidation sites excluding steroid dienone is 1. The van der Waals surface area contributed by atoms with E-state index in [1.165, 1.54) is 0 Å². The van der Waals surface area contributed by atoms with Crippen molar-refractivity contribution in [2.24, 2.45) is 0 Å². The summed E-state index contributed by atoms with van der Waals surface area (Å²) < 4.78 is 23.1. The van der Waals surface area contributed by atoms with Gasteiger partial charge in [0, 0.05) is 18.9 Å². The summed E-state index contributed by atoms with van der Waals surface area (Å²) >= 11 is 0. The van der Waals surface area contributed by atoms with Crippen LogP contribution in [-0.4, -0.2) is 37.2 Å². The molecule has 0 aromatic heterocycles. The Kier molecular flexibility index (Phi) is 8.36. The third kappa shape index (κ3) is 7.19. The number of cyclic esters (lactones) is 1. The summed E-state index contributed by atoms with van der Waals surface area (Å²) in [5, 5.41) is 0. The highest BCUT2D eigenvalue weighted by Crippen LogP contribution is 2.33. The number of esters is 1. The third-order valence-electron chi connectivity index (χ3n) is 5.88. The van der Waals surface area contributed by atoms with E-state index < -0.39 is 5.97 Å². The van der Waals surface area contributed by atoms with Crippen LogP contribution in [0.25, 0.3) is 6.08 Å². The summed E-state index contributed by atoms with van der Waals surface area (Å²) in [6, 6.07) is 13.5.